The molecule has 220 valence electrons. The second kappa shape index (κ2) is 13.5. The molecule has 0 heterocycles. The molecule has 0 bridgehead atoms. The van der Waals surface area contributed by atoms with Crippen LogP contribution in [-0.2, 0) is 26.2 Å². The van der Waals surface area contributed by atoms with E-state index in [0.717, 1.165) is 9.87 Å². The summed E-state index contributed by atoms with van der Waals surface area (Å²) in [6.07, 6.45) is 0.284. The molecule has 3 aromatic rings. The van der Waals surface area contributed by atoms with E-state index in [-0.39, 0.29) is 39.5 Å². The Hall–Kier alpha value is -2.78. The number of amides is 2. The minimum absolute atomic E-state index is 0.0106. The van der Waals surface area contributed by atoms with Gasteiger partial charge in [-0.3, -0.25) is 13.9 Å². The maximum absolute atomic E-state index is 14.1. The molecule has 3 aromatic carbocycles. The zero-order chi connectivity index (χ0) is 30.5. The molecule has 0 saturated carbocycles. The summed E-state index contributed by atoms with van der Waals surface area (Å²) in [7, 11) is -4.25. The van der Waals surface area contributed by atoms with Crippen LogP contribution in [-0.4, -0.2) is 43.3 Å². The zero-order valence-corrected chi connectivity index (χ0v) is 26.7. The fourth-order valence-corrected chi connectivity index (χ4v) is 6.34. The molecule has 0 radical (unpaired) electrons. The van der Waals surface area contributed by atoms with Gasteiger partial charge < -0.3 is 10.2 Å². The number of hydrogen-bond donors (Lipinski definition) is 1. The predicted octanol–water partition coefficient (Wildman–Crippen LogP) is 6.87. The van der Waals surface area contributed by atoms with Crippen molar-refractivity contribution in [3.05, 3.63) is 92.9 Å². The van der Waals surface area contributed by atoms with Crippen LogP contribution >= 0.6 is 34.8 Å². The van der Waals surface area contributed by atoms with Crippen molar-refractivity contribution in [1.82, 2.24) is 10.2 Å². The number of benzene rings is 3. The average Bonchev–Trinajstić information content (AvgIpc) is 2.86. The minimum atomic E-state index is -4.25. The lowest BCUT2D eigenvalue weighted by molar-refractivity contribution is -0.141. The summed E-state index contributed by atoms with van der Waals surface area (Å²) in [5.74, 6) is -0.966. The van der Waals surface area contributed by atoms with Gasteiger partial charge in [-0.2, -0.15) is 0 Å². The van der Waals surface area contributed by atoms with Gasteiger partial charge in [-0.1, -0.05) is 77.6 Å². The maximum Gasteiger partial charge on any atom is 0.264 e. The highest BCUT2D eigenvalue weighted by molar-refractivity contribution is 7.92. The molecule has 41 heavy (non-hydrogen) atoms. The summed E-state index contributed by atoms with van der Waals surface area (Å²) in [5, 5.41) is 3.76. The number of nitrogens with one attached hydrogen (secondary N) is 1. The Bertz CT molecular complexity index is 1490. The molecular weight excluding hydrogens is 605 g/mol. The van der Waals surface area contributed by atoms with Gasteiger partial charge in [0.25, 0.3) is 10.0 Å². The Labute approximate surface area is 257 Å². The first-order chi connectivity index (χ1) is 19.1. The van der Waals surface area contributed by atoms with Crippen molar-refractivity contribution in [1.29, 1.82) is 0 Å². The predicted molar refractivity (Wildman–Crippen MR) is 166 cm³/mol. The van der Waals surface area contributed by atoms with Gasteiger partial charge in [0.05, 0.1) is 10.6 Å². The van der Waals surface area contributed by atoms with Crippen molar-refractivity contribution in [2.75, 3.05) is 10.8 Å². The Morgan fingerprint density at radius 1 is 0.927 bits per heavy atom. The highest BCUT2D eigenvalue weighted by atomic mass is 35.5. The lowest BCUT2D eigenvalue weighted by Crippen LogP contribution is -2.55. The number of nitrogens with zero attached hydrogens (tertiary/aromatic N) is 2. The number of halogens is 3. The van der Waals surface area contributed by atoms with Gasteiger partial charge in [0.15, 0.2) is 0 Å². The first kappa shape index (κ1) is 32.7. The maximum atomic E-state index is 14.1. The minimum Gasteiger partial charge on any atom is -0.350 e. The third-order valence-corrected chi connectivity index (χ3v) is 8.80. The number of sulfonamides is 1. The Balaban J connectivity index is 2.12. The summed E-state index contributed by atoms with van der Waals surface area (Å²) >= 11 is 18.9. The van der Waals surface area contributed by atoms with Crippen LogP contribution in [0.15, 0.2) is 71.6 Å². The Kier molecular flexibility index (Phi) is 10.7. The van der Waals surface area contributed by atoms with Gasteiger partial charge in [0.1, 0.15) is 12.6 Å². The molecule has 7 nitrogen and oxygen atoms in total. The highest BCUT2D eigenvalue weighted by Gasteiger charge is 2.35. The highest BCUT2D eigenvalue weighted by Crippen LogP contribution is 2.30. The van der Waals surface area contributed by atoms with Crippen LogP contribution in [0.1, 0.15) is 45.2 Å². The van der Waals surface area contributed by atoms with Crippen LogP contribution < -0.4 is 9.62 Å². The molecule has 0 spiro atoms. The van der Waals surface area contributed by atoms with E-state index in [2.05, 4.69) is 5.32 Å². The average molecular weight is 639 g/mol. The molecule has 3 rings (SSSR count). The molecule has 0 aromatic heterocycles. The van der Waals surface area contributed by atoms with Crippen molar-refractivity contribution in [2.45, 2.75) is 64.1 Å². The number of hydrogen-bond acceptors (Lipinski definition) is 4. The smallest absolute Gasteiger partial charge is 0.264 e. The Morgan fingerprint density at radius 2 is 1.51 bits per heavy atom. The second-order valence-corrected chi connectivity index (χ2v) is 13.9. The molecule has 1 atom stereocenters. The lowest BCUT2D eigenvalue weighted by atomic mass is 10.1. The summed E-state index contributed by atoms with van der Waals surface area (Å²) in [6.45, 7) is 8.54. The van der Waals surface area contributed by atoms with Crippen LogP contribution in [0, 0.1) is 6.92 Å². The molecule has 1 unspecified atom stereocenters. The van der Waals surface area contributed by atoms with Crippen LogP contribution in [0.3, 0.4) is 0 Å². The first-order valence-corrected chi connectivity index (χ1v) is 15.6. The van der Waals surface area contributed by atoms with E-state index in [9.17, 15) is 18.0 Å². The van der Waals surface area contributed by atoms with E-state index >= 15 is 0 Å². The number of rotatable bonds is 10. The summed E-state index contributed by atoms with van der Waals surface area (Å²) in [5.41, 5.74) is 1.05. The van der Waals surface area contributed by atoms with Crippen molar-refractivity contribution >= 4 is 62.3 Å². The van der Waals surface area contributed by atoms with E-state index in [1.807, 2.05) is 27.7 Å². The van der Waals surface area contributed by atoms with Gasteiger partial charge in [0.2, 0.25) is 11.8 Å². The van der Waals surface area contributed by atoms with Crippen molar-refractivity contribution < 1.29 is 18.0 Å². The molecule has 0 saturated heterocycles. The van der Waals surface area contributed by atoms with Gasteiger partial charge in [-0.05, 0) is 76.1 Å². The van der Waals surface area contributed by atoms with Gasteiger partial charge in [0, 0.05) is 27.2 Å². The van der Waals surface area contributed by atoms with Crippen LogP contribution in [0.25, 0.3) is 0 Å². The van der Waals surface area contributed by atoms with Crippen LogP contribution in [0.2, 0.25) is 15.1 Å². The number of aryl methyl sites for hydroxylation is 1. The van der Waals surface area contributed by atoms with Gasteiger partial charge in [-0.15, -0.1) is 0 Å². The molecule has 0 fully saturated rings. The van der Waals surface area contributed by atoms with Crippen molar-refractivity contribution in [3.63, 3.8) is 0 Å². The van der Waals surface area contributed by atoms with Crippen LogP contribution in [0.4, 0.5) is 5.69 Å². The SMILES string of the molecule is CCC(C(=O)NC(C)(C)C)N(Cc1ccccc1Cl)C(=O)CN(c1cc(Cl)cc(Cl)c1)S(=O)(=O)c1ccc(C)cc1. The number of carbonyl (C=O) groups is 2. The van der Waals surface area contributed by atoms with Crippen molar-refractivity contribution in [2.24, 2.45) is 0 Å². The summed E-state index contributed by atoms with van der Waals surface area (Å²) in [6, 6.07) is 16.7. The summed E-state index contributed by atoms with van der Waals surface area (Å²) < 4.78 is 28.9. The fourth-order valence-electron chi connectivity index (χ4n) is 4.23. The normalized spacial score (nSPS) is 12.5. The molecule has 0 aliphatic carbocycles. The second-order valence-electron chi connectivity index (χ2n) is 10.7. The molecule has 0 aliphatic rings. The molecular formula is C30H34Cl3N3O4S. The topological polar surface area (TPSA) is 86.8 Å². The lowest BCUT2D eigenvalue weighted by Gasteiger charge is -2.35. The number of anilines is 1. The van der Waals surface area contributed by atoms with Crippen LogP contribution in [0.5, 0.6) is 0 Å². The third-order valence-electron chi connectivity index (χ3n) is 6.21. The van der Waals surface area contributed by atoms with E-state index in [4.69, 9.17) is 34.8 Å². The Morgan fingerprint density at radius 3 is 2.05 bits per heavy atom. The van der Waals surface area contributed by atoms with Gasteiger partial charge in [-0.25, -0.2) is 8.42 Å². The first-order valence-electron chi connectivity index (χ1n) is 13.0. The zero-order valence-electron chi connectivity index (χ0n) is 23.6. The monoisotopic (exact) mass is 637 g/mol. The molecule has 1 N–H and O–H groups in total. The molecule has 11 heteroatoms. The standard InChI is InChI=1S/C30H34Cl3N3O4S/c1-6-27(29(38)34-30(3,4)5)35(18-21-9-7-8-10-26(21)33)28(37)19-36(24-16-22(31)15-23(32)17-24)41(39,40)25-13-11-20(2)12-14-25/h7-17,27H,6,18-19H2,1-5H3,(H,34,38). The summed E-state index contributed by atoms with van der Waals surface area (Å²) in [4.78, 5) is 28.9. The molecule has 0 aliphatic heterocycles. The number of carbonyl (C=O) groups excluding carboxylic acids is 2. The van der Waals surface area contributed by atoms with E-state index < -0.39 is 34.1 Å². The van der Waals surface area contributed by atoms with E-state index in [1.165, 1.54) is 35.2 Å². The largest absolute Gasteiger partial charge is 0.350 e. The third kappa shape index (κ3) is 8.61. The van der Waals surface area contributed by atoms with E-state index in [1.54, 1.807) is 43.3 Å². The van der Waals surface area contributed by atoms with Gasteiger partial charge >= 0.3 is 0 Å². The van der Waals surface area contributed by atoms with Crippen molar-refractivity contribution in [3.8, 4) is 0 Å². The van der Waals surface area contributed by atoms with E-state index in [0.29, 0.717) is 10.6 Å². The molecule has 2 amide bonds. The quantitative estimate of drug-likeness (QED) is 0.263. The fraction of sp³-hybridized carbons (Fsp3) is 0.333.